The van der Waals surface area contributed by atoms with Crippen molar-refractivity contribution in [3.8, 4) is 0 Å². The summed E-state index contributed by atoms with van der Waals surface area (Å²) in [6, 6.07) is 3.73. The smallest absolute Gasteiger partial charge is 0.165 e. The molecule has 0 saturated carbocycles. The maximum Gasteiger partial charge on any atom is 0.165 e. The molecule has 2 aromatic rings. The number of hydrogen-bond acceptors (Lipinski definition) is 4. The predicted octanol–water partition coefficient (Wildman–Crippen LogP) is 0.468. The molecule has 0 aliphatic rings. The molecule has 0 fully saturated rings. The number of hydrogen-bond donors (Lipinski definition) is 1. The van der Waals surface area contributed by atoms with Gasteiger partial charge in [-0.05, 0) is 26.2 Å². The van der Waals surface area contributed by atoms with Crippen molar-refractivity contribution in [1.29, 1.82) is 0 Å². The van der Waals surface area contributed by atoms with Crippen LogP contribution in [0.5, 0.6) is 0 Å². The maximum atomic E-state index is 5.65. The molecular weight excluding hydrogens is 234 g/mol. The number of nitrogens with zero attached hydrogens (tertiary/aromatic N) is 4. The van der Waals surface area contributed by atoms with Crippen LogP contribution in [0, 0.1) is 0 Å². The topological polar surface area (TPSA) is 59.5 Å². The van der Waals surface area contributed by atoms with Gasteiger partial charge in [0.1, 0.15) is 4.99 Å². The molecule has 2 rings (SSSR count). The van der Waals surface area contributed by atoms with Gasteiger partial charge in [-0.15, -0.1) is 0 Å². The van der Waals surface area contributed by atoms with Crippen molar-refractivity contribution in [3.05, 3.63) is 29.7 Å². The standard InChI is InChI=1S/C11H15N5S/c1-15(2)7-5-9-13-11-8(10(12)17)4-3-6-16(11)14-9/h3-4,6H,5,7H2,1-2H3,(H2,12,17). The van der Waals surface area contributed by atoms with E-state index in [1.807, 2.05) is 32.4 Å². The quantitative estimate of drug-likeness (QED) is 0.798. The van der Waals surface area contributed by atoms with Gasteiger partial charge in [0.05, 0.1) is 5.56 Å². The largest absolute Gasteiger partial charge is 0.389 e. The Labute approximate surface area is 105 Å². The van der Waals surface area contributed by atoms with Crippen LogP contribution in [0.3, 0.4) is 0 Å². The maximum absolute atomic E-state index is 5.65. The lowest BCUT2D eigenvalue weighted by Crippen LogP contribution is -2.15. The first-order valence-electron chi connectivity index (χ1n) is 5.36. The second-order valence-electron chi connectivity index (χ2n) is 4.14. The highest BCUT2D eigenvalue weighted by molar-refractivity contribution is 7.80. The number of likely N-dealkylation sites (N-methyl/N-ethyl adjacent to an activating group) is 1. The van der Waals surface area contributed by atoms with E-state index in [4.69, 9.17) is 18.0 Å². The first-order chi connectivity index (χ1) is 8.08. The van der Waals surface area contributed by atoms with Crippen molar-refractivity contribution in [3.63, 3.8) is 0 Å². The number of thiocarbonyl (C=S) groups is 1. The molecular formula is C11H15N5S. The third kappa shape index (κ3) is 2.59. The highest BCUT2D eigenvalue weighted by Gasteiger charge is 2.09. The van der Waals surface area contributed by atoms with E-state index in [0.717, 1.165) is 30.0 Å². The van der Waals surface area contributed by atoms with Gasteiger partial charge in [-0.3, -0.25) is 0 Å². The lowest BCUT2D eigenvalue weighted by molar-refractivity contribution is 0.409. The van der Waals surface area contributed by atoms with Crippen molar-refractivity contribution >= 4 is 22.9 Å². The molecule has 6 heteroatoms. The normalized spacial score (nSPS) is 11.2. The van der Waals surface area contributed by atoms with Crippen LogP contribution < -0.4 is 5.73 Å². The van der Waals surface area contributed by atoms with Gasteiger partial charge in [0.15, 0.2) is 11.5 Å². The van der Waals surface area contributed by atoms with Gasteiger partial charge >= 0.3 is 0 Å². The van der Waals surface area contributed by atoms with E-state index in [2.05, 4.69) is 15.0 Å². The van der Waals surface area contributed by atoms with Crippen LogP contribution in [-0.2, 0) is 6.42 Å². The number of pyridine rings is 1. The number of rotatable bonds is 4. The lowest BCUT2D eigenvalue weighted by atomic mass is 10.3. The van der Waals surface area contributed by atoms with E-state index < -0.39 is 0 Å². The monoisotopic (exact) mass is 249 g/mol. The zero-order chi connectivity index (χ0) is 12.4. The lowest BCUT2D eigenvalue weighted by Gasteiger charge is -2.05. The summed E-state index contributed by atoms with van der Waals surface area (Å²) in [5, 5.41) is 4.39. The zero-order valence-electron chi connectivity index (χ0n) is 9.92. The van der Waals surface area contributed by atoms with Crippen LogP contribution in [-0.4, -0.2) is 45.1 Å². The van der Waals surface area contributed by atoms with Crippen LogP contribution >= 0.6 is 12.2 Å². The van der Waals surface area contributed by atoms with Crippen molar-refractivity contribution in [2.45, 2.75) is 6.42 Å². The zero-order valence-corrected chi connectivity index (χ0v) is 10.7. The molecule has 0 atom stereocenters. The minimum absolute atomic E-state index is 0.349. The van der Waals surface area contributed by atoms with E-state index in [9.17, 15) is 0 Å². The van der Waals surface area contributed by atoms with Crippen molar-refractivity contribution < 1.29 is 0 Å². The summed E-state index contributed by atoms with van der Waals surface area (Å²) in [4.78, 5) is 6.91. The molecule has 0 aliphatic carbocycles. The summed E-state index contributed by atoms with van der Waals surface area (Å²) in [7, 11) is 4.05. The van der Waals surface area contributed by atoms with Gasteiger partial charge in [0.2, 0.25) is 0 Å². The van der Waals surface area contributed by atoms with Crippen molar-refractivity contribution in [1.82, 2.24) is 19.5 Å². The number of fused-ring (bicyclic) bond motifs is 1. The average molecular weight is 249 g/mol. The molecule has 0 saturated heterocycles. The Balaban J connectivity index is 2.36. The second kappa shape index (κ2) is 4.77. The van der Waals surface area contributed by atoms with E-state index in [-0.39, 0.29) is 0 Å². The van der Waals surface area contributed by atoms with E-state index >= 15 is 0 Å². The third-order valence-corrected chi connectivity index (χ3v) is 2.67. The molecule has 0 aliphatic heterocycles. The Bertz CT molecular complexity index is 546. The molecule has 90 valence electrons. The van der Waals surface area contributed by atoms with Crippen LogP contribution in [0.2, 0.25) is 0 Å². The fourth-order valence-corrected chi connectivity index (χ4v) is 1.73. The van der Waals surface area contributed by atoms with Gasteiger partial charge in [0.25, 0.3) is 0 Å². The Morgan fingerprint density at radius 2 is 2.29 bits per heavy atom. The van der Waals surface area contributed by atoms with Gasteiger partial charge < -0.3 is 10.6 Å². The SMILES string of the molecule is CN(C)CCc1nc2c(C(N)=S)cccn2n1. The first kappa shape index (κ1) is 11.9. The molecule has 0 unspecified atom stereocenters. The van der Waals surface area contributed by atoms with Crippen molar-refractivity contribution in [2.24, 2.45) is 5.73 Å². The fraction of sp³-hybridized carbons (Fsp3) is 0.364. The number of nitrogens with two attached hydrogens (primary N) is 1. The molecule has 5 nitrogen and oxygen atoms in total. The minimum atomic E-state index is 0.349. The van der Waals surface area contributed by atoms with E-state index in [1.54, 1.807) is 4.52 Å². The van der Waals surface area contributed by atoms with Crippen LogP contribution in [0.4, 0.5) is 0 Å². The summed E-state index contributed by atoms with van der Waals surface area (Å²) in [6.45, 7) is 0.916. The molecule has 0 radical (unpaired) electrons. The molecule has 2 heterocycles. The molecule has 0 bridgehead atoms. The Hall–Kier alpha value is -1.53. The molecule has 0 aromatic carbocycles. The average Bonchev–Trinajstić information content (AvgIpc) is 2.68. The van der Waals surface area contributed by atoms with Crippen LogP contribution in [0.1, 0.15) is 11.4 Å². The molecule has 2 N–H and O–H groups in total. The van der Waals surface area contributed by atoms with Crippen LogP contribution in [0.25, 0.3) is 5.65 Å². The molecule has 17 heavy (non-hydrogen) atoms. The van der Waals surface area contributed by atoms with Gasteiger partial charge in [-0.25, -0.2) is 9.50 Å². The summed E-state index contributed by atoms with van der Waals surface area (Å²) >= 11 is 4.99. The number of aromatic nitrogens is 3. The van der Waals surface area contributed by atoms with E-state index in [0.29, 0.717) is 4.99 Å². The van der Waals surface area contributed by atoms with Gasteiger partial charge in [-0.1, -0.05) is 12.2 Å². The Kier molecular flexibility index (Phi) is 3.35. The third-order valence-electron chi connectivity index (χ3n) is 2.45. The highest BCUT2D eigenvalue weighted by Crippen LogP contribution is 2.09. The van der Waals surface area contributed by atoms with Gasteiger partial charge in [-0.2, -0.15) is 5.10 Å². The Morgan fingerprint density at radius 3 is 2.94 bits per heavy atom. The molecule has 0 amide bonds. The predicted molar refractivity (Wildman–Crippen MR) is 71.1 cm³/mol. The molecule has 2 aromatic heterocycles. The van der Waals surface area contributed by atoms with E-state index in [1.165, 1.54) is 0 Å². The van der Waals surface area contributed by atoms with Gasteiger partial charge in [0, 0.05) is 19.2 Å². The summed E-state index contributed by atoms with van der Waals surface area (Å²) in [6.07, 6.45) is 2.66. The minimum Gasteiger partial charge on any atom is -0.389 e. The van der Waals surface area contributed by atoms with Crippen molar-refractivity contribution in [2.75, 3.05) is 20.6 Å². The van der Waals surface area contributed by atoms with Crippen LogP contribution in [0.15, 0.2) is 18.3 Å². The summed E-state index contributed by atoms with van der Waals surface area (Å²) in [5.41, 5.74) is 7.15. The first-order valence-corrected chi connectivity index (χ1v) is 5.77. The highest BCUT2D eigenvalue weighted by atomic mass is 32.1. The Morgan fingerprint density at radius 1 is 1.53 bits per heavy atom. The summed E-state index contributed by atoms with van der Waals surface area (Å²) < 4.78 is 1.72. The fourth-order valence-electron chi connectivity index (χ4n) is 1.57. The second-order valence-corrected chi connectivity index (χ2v) is 4.58. The molecule has 0 spiro atoms. The summed E-state index contributed by atoms with van der Waals surface area (Å²) in [5.74, 6) is 0.808.